The number of ether oxygens (including phenoxy) is 2. The summed E-state index contributed by atoms with van der Waals surface area (Å²) in [6.45, 7) is 5.76. The molecule has 0 unspecified atom stereocenters. The van der Waals surface area contributed by atoms with Gasteiger partial charge >= 0.3 is 6.29 Å². The summed E-state index contributed by atoms with van der Waals surface area (Å²) in [4.78, 5) is 32.4. The molecule has 5 rings (SSSR count). The number of benzene rings is 1. The largest absolute Gasteiger partial charge is 0.586 e. The number of hydrogen-bond donors (Lipinski definition) is 1. The molecule has 8 heteroatoms. The summed E-state index contributed by atoms with van der Waals surface area (Å²) < 4.78 is 35.8. The maximum absolute atomic E-state index is 13.4. The third-order valence-electron chi connectivity index (χ3n) is 6.55. The van der Waals surface area contributed by atoms with Gasteiger partial charge in [0.15, 0.2) is 11.5 Å². The Morgan fingerprint density at radius 1 is 1.09 bits per heavy atom. The molecule has 2 aromatic heterocycles. The van der Waals surface area contributed by atoms with Gasteiger partial charge in [-0.25, -0.2) is 0 Å². The Labute approximate surface area is 190 Å². The Bertz CT molecular complexity index is 1370. The number of Topliss-reactive ketones (excluding diaryl/α,β-unsaturated/α-hetero) is 1. The van der Waals surface area contributed by atoms with Crippen LogP contribution in [-0.2, 0) is 16.6 Å². The van der Waals surface area contributed by atoms with E-state index in [0.717, 1.165) is 27.9 Å². The second-order valence-electron chi connectivity index (χ2n) is 8.81. The summed E-state index contributed by atoms with van der Waals surface area (Å²) in [6, 6.07) is 7.96. The van der Waals surface area contributed by atoms with Crippen molar-refractivity contribution in [3.63, 3.8) is 0 Å². The molecule has 3 heterocycles. The minimum absolute atomic E-state index is 0. The number of carbonyl (C=O) groups excluding carboxylic acids is 1. The van der Waals surface area contributed by atoms with Crippen LogP contribution in [0, 0.1) is 20.8 Å². The number of nitrogens with one attached hydrogen (secondary N) is 1. The highest BCUT2D eigenvalue weighted by molar-refractivity contribution is 5.94. The number of aromatic amines is 1. The van der Waals surface area contributed by atoms with Gasteiger partial charge in [-0.3, -0.25) is 14.6 Å². The summed E-state index contributed by atoms with van der Waals surface area (Å²) in [5.41, 5.74) is 4.65. The minimum atomic E-state index is -3.69. The van der Waals surface area contributed by atoms with Crippen LogP contribution >= 0.6 is 0 Å². The van der Waals surface area contributed by atoms with E-state index in [1.807, 2.05) is 26.8 Å². The standard InChI is InChI=1S/C25H22F2N2O4.H2/c1-13-8-17(29-23(15(13)3)18-12-28-22(31)9-14(18)2)11-21(30)24(6-7-24)16-4-5-19-20(10-16)33-25(26,27)32-19;/h4-5,8-10,12H,6-7,11H2,1-3H3,(H,28,31);1H. The number of pyridine rings is 2. The summed E-state index contributed by atoms with van der Waals surface area (Å²) >= 11 is 0. The molecule has 1 aliphatic carbocycles. The number of hydrogen-bond acceptors (Lipinski definition) is 5. The van der Waals surface area contributed by atoms with Crippen LogP contribution in [0.2, 0.25) is 0 Å². The van der Waals surface area contributed by atoms with Gasteiger partial charge in [-0.15, -0.1) is 8.78 Å². The molecule has 6 nitrogen and oxygen atoms in total. The van der Waals surface area contributed by atoms with E-state index in [1.54, 1.807) is 12.3 Å². The number of H-pyrrole nitrogens is 1. The van der Waals surface area contributed by atoms with Crippen molar-refractivity contribution in [2.75, 3.05) is 0 Å². The van der Waals surface area contributed by atoms with Crippen molar-refractivity contribution < 1.29 is 24.5 Å². The van der Waals surface area contributed by atoms with Crippen molar-refractivity contribution in [3.8, 4) is 22.8 Å². The van der Waals surface area contributed by atoms with Crippen molar-refractivity contribution in [3.05, 3.63) is 74.8 Å². The number of halogens is 2. The van der Waals surface area contributed by atoms with Crippen molar-refractivity contribution in [2.45, 2.75) is 51.7 Å². The first-order valence-electron chi connectivity index (χ1n) is 10.7. The highest BCUT2D eigenvalue weighted by Crippen LogP contribution is 2.52. The summed E-state index contributed by atoms with van der Waals surface area (Å²) in [6.07, 6.45) is -0.664. The summed E-state index contributed by atoms with van der Waals surface area (Å²) in [7, 11) is 0. The predicted molar refractivity (Wildman–Crippen MR) is 119 cm³/mol. The third kappa shape index (κ3) is 3.69. The van der Waals surface area contributed by atoms with Gasteiger partial charge in [-0.1, -0.05) is 6.07 Å². The van der Waals surface area contributed by atoms with Gasteiger partial charge in [0.2, 0.25) is 5.56 Å². The molecule has 1 aliphatic heterocycles. The first kappa shape index (κ1) is 21.3. The number of aromatic nitrogens is 2. The van der Waals surface area contributed by atoms with Crippen LogP contribution in [0.4, 0.5) is 8.78 Å². The molecule has 0 bridgehead atoms. The van der Waals surface area contributed by atoms with Crippen LogP contribution in [0.25, 0.3) is 11.3 Å². The van der Waals surface area contributed by atoms with Gasteiger partial charge in [-0.05, 0) is 74.1 Å². The van der Waals surface area contributed by atoms with Gasteiger partial charge in [0.1, 0.15) is 5.78 Å². The maximum Gasteiger partial charge on any atom is 0.586 e. The molecule has 1 aromatic carbocycles. The Morgan fingerprint density at radius 3 is 2.52 bits per heavy atom. The van der Waals surface area contributed by atoms with Crippen LogP contribution < -0.4 is 15.0 Å². The van der Waals surface area contributed by atoms with E-state index in [9.17, 15) is 18.4 Å². The van der Waals surface area contributed by atoms with E-state index >= 15 is 0 Å². The van der Waals surface area contributed by atoms with Gasteiger partial charge in [0.05, 0.1) is 11.1 Å². The first-order valence-corrected chi connectivity index (χ1v) is 10.7. The molecule has 172 valence electrons. The lowest BCUT2D eigenvalue weighted by atomic mass is 9.88. The number of fused-ring (bicyclic) bond motifs is 1. The molecule has 0 saturated heterocycles. The van der Waals surface area contributed by atoms with E-state index in [2.05, 4.69) is 14.5 Å². The average molecular weight is 454 g/mol. The highest BCUT2D eigenvalue weighted by Gasteiger charge is 2.52. The number of ketones is 1. The Kier molecular flexibility index (Phi) is 4.67. The van der Waals surface area contributed by atoms with Crippen LogP contribution in [0.1, 0.15) is 42.2 Å². The zero-order valence-electron chi connectivity index (χ0n) is 18.4. The molecule has 0 atom stereocenters. The van der Waals surface area contributed by atoms with Gasteiger partial charge in [-0.2, -0.15) is 0 Å². The normalized spacial score (nSPS) is 17.1. The molecule has 0 spiro atoms. The SMILES string of the molecule is Cc1cc(=O)[nH]cc1-c1nc(CC(=O)C2(c3ccc4c(c3)OC(F)(F)O4)CC2)cc(C)c1C.[HH]. The van der Waals surface area contributed by atoms with Crippen molar-refractivity contribution in [1.82, 2.24) is 9.97 Å². The highest BCUT2D eigenvalue weighted by atomic mass is 19.3. The number of alkyl halides is 2. The fourth-order valence-electron chi connectivity index (χ4n) is 4.42. The zero-order valence-corrected chi connectivity index (χ0v) is 18.4. The van der Waals surface area contributed by atoms with Crippen LogP contribution in [-0.4, -0.2) is 22.0 Å². The van der Waals surface area contributed by atoms with Crippen LogP contribution in [0.5, 0.6) is 11.5 Å². The lowest BCUT2D eigenvalue weighted by molar-refractivity contribution is -0.286. The van der Waals surface area contributed by atoms with E-state index in [4.69, 9.17) is 4.98 Å². The van der Waals surface area contributed by atoms with E-state index in [0.29, 0.717) is 24.1 Å². The zero-order chi connectivity index (χ0) is 23.5. The topological polar surface area (TPSA) is 81.3 Å². The molecule has 2 aliphatic rings. The smallest absolute Gasteiger partial charge is 0.395 e. The lowest BCUT2D eigenvalue weighted by Gasteiger charge is -2.17. The lowest BCUT2D eigenvalue weighted by Crippen LogP contribution is -2.26. The maximum atomic E-state index is 13.4. The Balaban J connectivity index is 0.00000274. The summed E-state index contributed by atoms with van der Waals surface area (Å²) in [5.74, 6) is -0.117. The van der Waals surface area contributed by atoms with Crippen molar-refractivity contribution >= 4 is 5.78 Å². The number of rotatable bonds is 5. The molecule has 0 radical (unpaired) electrons. The average Bonchev–Trinajstić information content (AvgIpc) is 3.48. The predicted octanol–water partition coefficient (Wildman–Crippen LogP) is 4.77. The van der Waals surface area contributed by atoms with E-state index in [-0.39, 0.29) is 30.7 Å². The fraction of sp³-hybridized carbons (Fsp3) is 0.320. The van der Waals surface area contributed by atoms with E-state index in [1.165, 1.54) is 18.2 Å². The molecule has 3 aromatic rings. The Morgan fingerprint density at radius 2 is 1.82 bits per heavy atom. The molecule has 1 saturated carbocycles. The minimum Gasteiger partial charge on any atom is -0.395 e. The third-order valence-corrected chi connectivity index (χ3v) is 6.55. The molecule has 33 heavy (non-hydrogen) atoms. The number of aryl methyl sites for hydroxylation is 2. The second kappa shape index (κ2) is 7.23. The van der Waals surface area contributed by atoms with Gasteiger partial charge < -0.3 is 14.5 Å². The quantitative estimate of drug-likeness (QED) is 0.601. The Hall–Kier alpha value is -3.55. The fourth-order valence-corrected chi connectivity index (χ4v) is 4.42. The number of carbonyl (C=O) groups is 1. The molecule has 1 fully saturated rings. The molecule has 1 N–H and O–H groups in total. The summed E-state index contributed by atoms with van der Waals surface area (Å²) in [5, 5.41) is 0. The molecule has 0 amide bonds. The van der Waals surface area contributed by atoms with Crippen LogP contribution in [0.15, 0.2) is 41.3 Å². The van der Waals surface area contributed by atoms with Crippen molar-refractivity contribution in [1.29, 1.82) is 0 Å². The van der Waals surface area contributed by atoms with Gasteiger partial charge in [0.25, 0.3) is 0 Å². The van der Waals surface area contributed by atoms with E-state index < -0.39 is 11.7 Å². The first-order chi connectivity index (χ1) is 15.6. The number of nitrogens with zero attached hydrogens (tertiary/aromatic N) is 1. The van der Waals surface area contributed by atoms with Gasteiger partial charge in [0, 0.05) is 31.4 Å². The molecular weight excluding hydrogens is 430 g/mol. The van der Waals surface area contributed by atoms with Crippen LogP contribution in [0.3, 0.4) is 0 Å². The monoisotopic (exact) mass is 454 g/mol. The van der Waals surface area contributed by atoms with Crippen molar-refractivity contribution in [2.24, 2.45) is 0 Å². The molecular formula is C25H24F2N2O4. The second-order valence-corrected chi connectivity index (χ2v) is 8.81.